The molecule has 0 aliphatic carbocycles. The zero-order chi connectivity index (χ0) is 18.8. The highest BCUT2D eigenvalue weighted by Gasteiger charge is 2.22. The standard InChI is InChI=1S/C21H21NO5/c1-13-20(16-11-14(24-2)7-8-18(16)26-13)21(23)22-17-5-3-4-6-19(17)27-15-9-10-25-12-15/h3-8,11,15H,9-10,12H2,1-2H3,(H,22,23)/t15-/m1/s1. The first-order valence-corrected chi connectivity index (χ1v) is 8.87. The molecule has 4 rings (SSSR count). The van der Waals surface area contributed by atoms with Gasteiger partial charge in [-0.05, 0) is 37.3 Å². The zero-order valence-corrected chi connectivity index (χ0v) is 15.3. The Morgan fingerprint density at radius 3 is 2.85 bits per heavy atom. The number of ether oxygens (including phenoxy) is 3. The van der Waals surface area contributed by atoms with Crippen LogP contribution in [-0.4, -0.2) is 32.3 Å². The molecule has 1 aliphatic rings. The second-order valence-electron chi connectivity index (χ2n) is 6.45. The molecule has 1 atom stereocenters. The Morgan fingerprint density at radius 2 is 2.07 bits per heavy atom. The smallest absolute Gasteiger partial charge is 0.259 e. The summed E-state index contributed by atoms with van der Waals surface area (Å²) >= 11 is 0. The summed E-state index contributed by atoms with van der Waals surface area (Å²) in [6.07, 6.45) is 0.844. The minimum Gasteiger partial charge on any atom is -0.497 e. The van der Waals surface area contributed by atoms with E-state index in [9.17, 15) is 4.79 Å². The third kappa shape index (κ3) is 3.48. The first-order valence-electron chi connectivity index (χ1n) is 8.87. The molecular formula is C21H21NO5. The second kappa shape index (κ2) is 7.32. The molecule has 2 heterocycles. The first-order chi connectivity index (χ1) is 13.2. The molecule has 6 nitrogen and oxygen atoms in total. The van der Waals surface area contributed by atoms with Crippen molar-refractivity contribution in [1.82, 2.24) is 0 Å². The summed E-state index contributed by atoms with van der Waals surface area (Å²) in [6.45, 7) is 3.04. The van der Waals surface area contributed by atoms with Crippen LogP contribution < -0.4 is 14.8 Å². The minimum absolute atomic E-state index is 0.00352. The molecular weight excluding hydrogens is 346 g/mol. The van der Waals surface area contributed by atoms with Crippen molar-refractivity contribution in [3.8, 4) is 11.5 Å². The topological polar surface area (TPSA) is 69.9 Å². The Morgan fingerprint density at radius 1 is 1.22 bits per heavy atom. The van der Waals surface area contributed by atoms with Gasteiger partial charge in [0, 0.05) is 11.8 Å². The fourth-order valence-corrected chi connectivity index (χ4v) is 3.25. The molecule has 1 saturated heterocycles. The van der Waals surface area contributed by atoms with Crippen molar-refractivity contribution in [2.24, 2.45) is 0 Å². The quantitative estimate of drug-likeness (QED) is 0.733. The van der Waals surface area contributed by atoms with E-state index in [4.69, 9.17) is 18.6 Å². The monoisotopic (exact) mass is 367 g/mol. The molecule has 1 aliphatic heterocycles. The van der Waals surface area contributed by atoms with Gasteiger partial charge in [0.1, 0.15) is 28.9 Å². The molecule has 1 amide bonds. The molecule has 0 saturated carbocycles. The van der Waals surface area contributed by atoms with Gasteiger partial charge in [-0.25, -0.2) is 0 Å². The molecule has 0 bridgehead atoms. The number of benzene rings is 2. The minimum atomic E-state index is -0.252. The number of methoxy groups -OCH3 is 1. The average Bonchev–Trinajstić information content (AvgIpc) is 3.29. The van der Waals surface area contributed by atoms with Gasteiger partial charge in [0.2, 0.25) is 0 Å². The van der Waals surface area contributed by atoms with Gasteiger partial charge >= 0.3 is 0 Å². The summed E-state index contributed by atoms with van der Waals surface area (Å²) in [7, 11) is 1.59. The maximum Gasteiger partial charge on any atom is 0.259 e. The van der Waals surface area contributed by atoms with Crippen LogP contribution in [0.2, 0.25) is 0 Å². The number of hydrogen-bond donors (Lipinski definition) is 1. The first kappa shape index (κ1) is 17.4. The summed E-state index contributed by atoms with van der Waals surface area (Å²) in [5.74, 6) is 1.60. The third-order valence-corrected chi connectivity index (χ3v) is 4.62. The highest BCUT2D eigenvalue weighted by molar-refractivity contribution is 6.13. The average molecular weight is 367 g/mol. The van der Waals surface area contributed by atoms with Crippen molar-refractivity contribution < 1.29 is 23.4 Å². The Bertz CT molecular complexity index is 972. The van der Waals surface area contributed by atoms with Gasteiger partial charge in [0.15, 0.2) is 0 Å². The molecule has 3 aromatic rings. The number of anilines is 1. The van der Waals surface area contributed by atoms with Crippen molar-refractivity contribution in [2.45, 2.75) is 19.4 Å². The number of aryl methyl sites for hydroxylation is 1. The molecule has 0 unspecified atom stereocenters. The lowest BCUT2D eigenvalue weighted by molar-refractivity contribution is 0.102. The lowest BCUT2D eigenvalue weighted by Gasteiger charge is -2.16. The number of hydrogen-bond acceptors (Lipinski definition) is 5. The van der Waals surface area contributed by atoms with E-state index in [0.717, 1.165) is 6.42 Å². The van der Waals surface area contributed by atoms with Gasteiger partial charge in [-0.2, -0.15) is 0 Å². The summed E-state index contributed by atoms with van der Waals surface area (Å²) < 4.78 is 22.4. The number of carbonyl (C=O) groups excluding carboxylic acids is 1. The number of furan rings is 1. The fourth-order valence-electron chi connectivity index (χ4n) is 3.25. The van der Waals surface area contributed by atoms with E-state index in [1.54, 1.807) is 32.2 Å². The van der Waals surface area contributed by atoms with Crippen LogP contribution in [0.3, 0.4) is 0 Å². The van der Waals surface area contributed by atoms with Crippen molar-refractivity contribution in [2.75, 3.05) is 25.6 Å². The number of carbonyl (C=O) groups is 1. The van der Waals surface area contributed by atoms with Crippen LogP contribution in [0.4, 0.5) is 5.69 Å². The SMILES string of the molecule is COc1ccc2oc(C)c(C(=O)Nc3ccccc3O[C@@H]3CCOC3)c2c1. The van der Waals surface area contributed by atoms with E-state index in [0.29, 0.717) is 52.7 Å². The van der Waals surface area contributed by atoms with Crippen LogP contribution in [0, 0.1) is 6.92 Å². The third-order valence-electron chi connectivity index (χ3n) is 4.62. The zero-order valence-electron chi connectivity index (χ0n) is 15.3. The number of rotatable bonds is 5. The summed E-state index contributed by atoms with van der Waals surface area (Å²) in [5, 5.41) is 3.67. The predicted octanol–water partition coefficient (Wildman–Crippen LogP) is 4.17. The lowest BCUT2D eigenvalue weighted by atomic mass is 10.1. The van der Waals surface area contributed by atoms with Gasteiger partial charge in [-0.1, -0.05) is 12.1 Å². The molecule has 1 aromatic heterocycles. The summed E-state index contributed by atoms with van der Waals surface area (Å²) in [4.78, 5) is 13.0. The van der Waals surface area contributed by atoms with Crippen molar-refractivity contribution >= 4 is 22.6 Å². The van der Waals surface area contributed by atoms with Crippen molar-refractivity contribution in [1.29, 1.82) is 0 Å². The summed E-state index contributed by atoms with van der Waals surface area (Å²) in [6, 6.07) is 12.8. The fraction of sp³-hybridized carbons (Fsp3) is 0.286. The van der Waals surface area contributed by atoms with Crippen LogP contribution in [0.5, 0.6) is 11.5 Å². The van der Waals surface area contributed by atoms with E-state index in [1.165, 1.54) is 0 Å². The largest absolute Gasteiger partial charge is 0.497 e. The van der Waals surface area contributed by atoms with Gasteiger partial charge in [-0.15, -0.1) is 0 Å². The Labute approximate surface area is 157 Å². The normalized spacial score (nSPS) is 16.4. The molecule has 0 spiro atoms. The number of para-hydroxylation sites is 2. The highest BCUT2D eigenvalue weighted by atomic mass is 16.5. The van der Waals surface area contributed by atoms with Crippen LogP contribution in [-0.2, 0) is 4.74 Å². The van der Waals surface area contributed by atoms with E-state index < -0.39 is 0 Å². The van der Waals surface area contributed by atoms with Gasteiger partial charge in [0.25, 0.3) is 5.91 Å². The number of amides is 1. The van der Waals surface area contributed by atoms with Gasteiger partial charge in [0.05, 0.1) is 31.6 Å². The van der Waals surface area contributed by atoms with Crippen LogP contribution in [0.15, 0.2) is 46.9 Å². The van der Waals surface area contributed by atoms with Crippen molar-refractivity contribution in [3.05, 3.63) is 53.8 Å². The Kier molecular flexibility index (Phi) is 4.73. The Hall–Kier alpha value is -2.99. The maximum atomic E-state index is 13.0. The van der Waals surface area contributed by atoms with Crippen molar-refractivity contribution in [3.63, 3.8) is 0 Å². The summed E-state index contributed by atoms with van der Waals surface area (Å²) in [5.41, 5.74) is 1.75. The number of fused-ring (bicyclic) bond motifs is 1. The molecule has 1 fully saturated rings. The van der Waals surface area contributed by atoms with Crippen LogP contribution in [0.1, 0.15) is 22.5 Å². The van der Waals surface area contributed by atoms with E-state index in [-0.39, 0.29) is 12.0 Å². The highest BCUT2D eigenvalue weighted by Crippen LogP contribution is 2.31. The molecule has 0 radical (unpaired) electrons. The number of nitrogens with one attached hydrogen (secondary N) is 1. The lowest BCUT2D eigenvalue weighted by Crippen LogP contribution is -2.18. The second-order valence-corrected chi connectivity index (χ2v) is 6.45. The van der Waals surface area contributed by atoms with Gasteiger partial charge < -0.3 is 23.9 Å². The maximum absolute atomic E-state index is 13.0. The molecule has 1 N–H and O–H groups in total. The van der Waals surface area contributed by atoms with E-state index in [2.05, 4.69) is 5.32 Å². The molecule has 27 heavy (non-hydrogen) atoms. The molecule has 6 heteroatoms. The van der Waals surface area contributed by atoms with E-state index in [1.807, 2.05) is 24.3 Å². The molecule has 140 valence electrons. The van der Waals surface area contributed by atoms with E-state index >= 15 is 0 Å². The van der Waals surface area contributed by atoms with Crippen LogP contribution in [0.25, 0.3) is 11.0 Å². The van der Waals surface area contributed by atoms with Crippen LogP contribution >= 0.6 is 0 Å². The van der Waals surface area contributed by atoms with Gasteiger partial charge in [-0.3, -0.25) is 4.79 Å². The predicted molar refractivity (Wildman–Crippen MR) is 102 cm³/mol. The molecule has 2 aromatic carbocycles. The Balaban J connectivity index is 1.63.